The van der Waals surface area contributed by atoms with Gasteiger partial charge in [-0.1, -0.05) is 6.92 Å². The van der Waals surface area contributed by atoms with Crippen molar-refractivity contribution in [1.82, 2.24) is 5.32 Å². The summed E-state index contributed by atoms with van der Waals surface area (Å²) < 4.78 is 36.5. The number of amides is 1. The van der Waals surface area contributed by atoms with Gasteiger partial charge in [-0.15, -0.1) is 0 Å². The van der Waals surface area contributed by atoms with Crippen LogP contribution in [0.4, 0.5) is 13.2 Å². The highest BCUT2D eigenvalue weighted by Gasteiger charge is 2.29. The van der Waals surface area contributed by atoms with Crippen LogP contribution in [0, 0.1) is 5.92 Å². The Hall–Kier alpha value is -1.21. The van der Waals surface area contributed by atoms with E-state index in [-0.39, 0.29) is 35.1 Å². The van der Waals surface area contributed by atoms with Gasteiger partial charge < -0.3 is 10.4 Å². The molecule has 0 saturated carbocycles. The normalized spacial score (nSPS) is 13.0. The summed E-state index contributed by atoms with van der Waals surface area (Å²) in [5.74, 6) is -0.115. The summed E-state index contributed by atoms with van der Waals surface area (Å²) in [7, 11) is 0. The predicted molar refractivity (Wildman–Crippen MR) is 76.2 cm³/mol. The first kappa shape index (κ1) is 17.8. The summed E-state index contributed by atoms with van der Waals surface area (Å²) in [5.41, 5.74) is -4.00. The van der Waals surface area contributed by atoms with Crippen molar-refractivity contribution in [2.24, 2.45) is 5.92 Å². The fourth-order valence-electron chi connectivity index (χ4n) is 1.65. The summed E-state index contributed by atoms with van der Waals surface area (Å²) in [5, 5.41) is 11.6. The Morgan fingerprint density at radius 2 is 1.95 bits per heavy atom. The van der Waals surface area contributed by atoms with E-state index in [1.165, 1.54) is 24.3 Å². The number of aliphatic hydroxyl groups is 1. The topological polar surface area (TPSA) is 49.3 Å². The highest BCUT2D eigenvalue weighted by molar-refractivity contribution is 8.00. The Bertz CT molecular complexity index is 449. The fraction of sp³-hybridized carbons (Fsp3) is 0.500. The molecule has 1 unspecified atom stereocenters. The van der Waals surface area contributed by atoms with Crippen LogP contribution in [0.1, 0.15) is 30.1 Å². The standard InChI is InChI=1S/C14H18F3NO2S/c1-10(9-19)3-2-8-18-13(20)11-4-6-12(7-5-11)21-14(15,16)17/h4-7,10,19H,2-3,8-9H2,1H3,(H,18,20). The van der Waals surface area contributed by atoms with Crippen molar-refractivity contribution in [3.05, 3.63) is 29.8 Å². The molecule has 0 aliphatic heterocycles. The zero-order valence-electron chi connectivity index (χ0n) is 11.6. The van der Waals surface area contributed by atoms with Gasteiger partial charge >= 0.3 is 5.51 Å². The zero-order chi connectivity index (χ0) is 15.9. The van der Waals surface area contributed by atoms with Gasteiger partial charge in [0.25, 0.3) is 5.91 Å². The van der Waals surface area contributed by atoms with E-state index in [0.29, 0.717) is 12.1 Å². The third-order valence-electron chi connectivity index (χ3n) is 2.82. The summed E-state index contributed by atoms with van der Waals surface area (Å²) in [6.07, 6.45) is 1.55. The molecular formula is C14H18F3NO2S. The van der Waals surface area contributed by atoms with Gasteiger partial charge in [0.05, 0.1) is 0 Å². The lowest BCUT2D eigenvalue weighted by Gasteiger charge is -2.09. The highest BCUT2D eigenvalue weighted by atomic mass is 32.2. The Balaban J connectivity index is 2.41. The molecule has 0 bridgehead atoms. The molecule has 7 heteroatoms. The minimum absolute atomic E-state index is 0.0517. The van der Waals surface area contributed by atoms with Gasteiger partial charge in [0, 0.05) is 23.6 Å². The van der Waals surface area contributed by atoms with Gasteiger partial charge in [-0.25, -0.2) is 0 Å². The van der Waals surface area contributed by atoms with Gasteiger partial charge in [-0.2, -0.15) is 13.2 Å². The van der Waals surface area contributed by atoms with Crippen LogP contribution >= 0.6 is 11.8 Å². The Morgan fingerprint density at radius 3 is 2.48 bits per heavy atom. The minimum Gasteiger partial charge on any atom is -0.396 e. The van der Waals surface area contributed by atoms with Crippen molar-refractivity contribution in [1.29, 1.82) is 0 Å². The first-order valence-corrected chi connectivity index (χ1v) is 7.38. The van der Waals surface area contributed by atoms with Crippen LogP contribution in [0.3, 0.4) is 0 Å². The van der Waals surface area contributed by atoms with E-state index in [4.69, 9.17) is 5.11 Å². The lowest BCUT2D eigenvalue weighted by molar-refractivity contribution is -0.0328. The summed E-state index contributed by atoms with van der Waals surface area (Å²) in [4.78, 5) is 11.8. The number of hydrogen-bond acceptors (Lipinski definition) is 3. The van der Waals surface area contributed by atoms with E-state index in [1.54, 1.807) is 0 Å². The summed E-state index contributed by atoms with van der Waals surface area (Å²) >= 11 is -0.207. The molecule has 0 aliphatic rings. The maximum Gasteiger partial charge on any atom is 0.446 e. The second-order valence-electron chi connectivity index (χ2n) is 4.76. The number of benzene rings is 1. The van der Waals surface area contributed by atoms with E-state index in [0.717, 1.165) is 12.8 Å². The second kappa shape index (κ2) is 8.29. The number of nitrogens with one attached hydrogen (secondary N) is 1. The highest BCUT2D eigenvalue weighted by Crippen LogP contribution is 2.36. The van der Waals surface area contributed by atoms with Gasteiger partial charge in [-0.3, -0.25) is 4.79 Å². The van der Waals surface area contributed by atoms with Crippen LogP contribution in [0.15, 0.2) is 29.2 Å². The molecule has 1 aromatic carbocycles. The maximum absolute atomic E-state index is 12.2. The van der Waals surface area contributed by atoms with E-state index >= 15 is 0 Å². The van der Waals surface area contributed by atoms with Crippen molar-refractivity contribution in [3.8, 4) is 0 Å². The van der Waals surface area contributed by atoms with Crippen molar-refractivity contribution in [2.75, 3.05) is 13.2 Å². The second-order valence-corrected chi connectivity index (χ2v) is 5.90. The molecule has 3 nitrogen and oxygen atoms in total. The van der Waals surface area contributed by atoms with E-state index < -0.39 is 5.51 Å². The smallest absolute Gasteiger partial charge is 0.396 e. The fourth-order valence-corrected chi connectivity index (χ4v) is 2.19. The lowest BCUT2D eigenvalue weighted by atomic mass is 10.1. The molecule has 0 radical (unpaired) electrons. The molecular weight excluding hydrogens is 303 g/mol. The maximum atomic E-state index is 12.2. The third-order valence-corrected chi connectivity index (χ3v) is 3.56. The van der Waals surface area contributed by atoms with Crippen LogP contribution in [0.5, 0.6) is 0 Å². The third kappa shape index (κ3) is 7.38. The van der Waals surface area contributed by atoms with Gasteiger partial charge in [0.1, 0.15) is 0 Å². The van der Waals surface area contributed by atoms with E-state index in [1.807, 2.05) is 6.92 Å². The number of rotatable bonds is 7. The first-order valence-electron chi connectivity index (χ1n) is 6.56. The number of carbonyl (C=O) groups is 1. The number of alkyl halides is 3. The Labute approximate surface area is 125 Å². The van der Waals surface area contributed by atoms with Gasteiger partial charge in [0.15, 0.2) is 0 Å². The van der Waals surface area contributed by atoms with Crippen LogP contribution in [-0.4, -0.2) is 29.7 Å². The Kier molecular flexibility index (Phi) is 7.04. The van der Waals surface area contributed by atoms with Crippen LogP contribution in [0.2, 0.25) is 0 Å². The average Bonchev–Trinajstić information content (AvgIpc) is 2.42. The van der Waals surface area contributed by atoms with Crippen molar-refractivity contribution in [3.63, 3.8) is 0 Å². The number of hydrogen-bond donors (Lipinski definition) is 2. The number of thioether (sulfide) groups is 1. The average molecular weight is 321 g/mol. The van der Waals surface area contributed by atoms with Gasteiger partial charge in [0.2, 0.25) is 0 Å². The van der Waals surface area contributed by atoms with Crippen molar-refractivity contribution >= 4 is 17.7 Å². The number of carbonyl (C=O) groups excluding carboxylic acids is 1. The molecule has 0 heterocycles. The monoisotopic (exact) mass is 321 g/mol. The summed E-state index contributed by atoms with van der Waals surface area (Å²) in [6, 6.07) is 5.31. The Morgan fingerprint density at radius 1 is 1.33 bits per heavy atom. The molecule has 0 aliphatic carbocycles. The molecule has 1 aromatic rings. The minimum atomic E-state index is -4.33. The zero-order valence-corrected chi connectivity index (χ0v) is 12.4. The lowest BCUT2D eigenvalue weighted by Crippen LogP contribution is -2.24. The van der Waals surface area contributed by atoms with Crippen LogP contribution in [0.25, 0.3) is 0 Å². The van der Waals surface area contributed by atoms with E-state index in [2.05, 4.69) is 5.32 Å². The molecule has 1 rings (SSSR count). The van der Waals surface area contributed by atoms with Crippen LogP contribution < -0.4 is 5.32 Å². The molecule has 1 atom stereocenters. The predicted octanol–water partition coefficient (Wildman–Crippen LogP) is 3.44. The van der Waals surface area contributed by atoms with Crippen molar-refractivity contribution < 1.29 is 23.1 Å². The first-order chi connectivity index (χ1) is 9.81. The molecule has 0 spiro atoms. The molecule has 21 heavy (non-hydrogen) atoms. The molecule has 0 fully saturated rings. The molecule has 2 N–H and O–H groups in total. The molecule has 0 aromatic heterocycles. The molecule has 0 saturated heterocycles. The number of aliphatic hydroxyl groups excluding tert-OH is 1. The number of halogens is 3. The van der Waals surface area contributed by atoms with E-state index in [9.17, 15) is 18.0 Å². The summed E-state index contributed by atoms with van der Waals surface area (Å²) in [6.45, 7) is 2.51. The van der Waals surface area contributed by atoms with Crippen molar-refractivity contribution in [2.45, 2.75) is 30.2 Å². The van der Waals surface area contributed by atoms with Gasteiger partial charge in [-0.05, 0) is 54.8 Å². The SMILES string of the molecule is CC(CO)CCCNC(=O)c1ccc(SC(F)(F)F)cc1. The quantitative estimate of drug-likeness (QED) is 0.597. The molecule has 1 amide bonds. The largest absolute Gasteiger partial charge is 0.446 e. The molecule has 118 valence electrons. The van der Waals surface area contributed by atoms with Crippen LogP contribution in [-0.2, 0) is 0 Å².